The highest BCUT2D eigenvalue weighted by Gasteiger charge is 2.41. The molecule has 0 radical (unpaired) electrons. The SMILES string of the molecule is CCC(C(=O)[O-])(C(=O)[O-])C(F)F. The van der Waals surface area contributed by atoms with Gasteiger partial charge >= 0.3 is 0 Å². The normalized spacial score (nSPS) is 11.7. The molecule has 0 saturated carbocycles. The maximum atomic E-state index is 12.0. The van der Waals surface area contributed by atoms with Gasteiger partial charge in [0.2, 0.25) is 0 Å². The summed E-state index contributed by atoms with van der Waals surface area (Å²) in [5, 5.41) is 20.2. The van der Waals surface area contributed by atoms with Gasteiger partial charge in [-0.15, -0.1) is 0 Å². The van der Waals surface area contributed by atoms with E-state index in [2.05, 4.69) is 0 Å². The molecule has 0 aliphatic rings. The Kier molecular flexibility index (Phi) is 3.12. The van der Waals surface area contributed by atoms with Crippen molar-refractivity contribution >= 4 is 11.9 Å². The summed E-state index contributed by atoms with van der Waals surface area (Å²) in [6.45, 7) is 1.01. The van der Waals surface area contributed by atoms with E-state index in [1.165, 1.54) is 0 Å². The lowest BCUT2D eigenvalue weighted by Gasteiger charge is -2.33. The van der Waals surface area contributed by atoms with Crippen LogP contribution in [0.2, 0.25) is 0 Å². The van der Waals surface area contributed by atoms with E-state index in [1.54, 1.807) is 0 Å². The number of carbonyl (C=O) groups excluding carboxylic acids is 2. The van der Waals surface area contributed by atoms with E-state index in [9.17, 15) is 28.6 Å². The quantitative estimate of drug-likeness (QED) is 0.475. The first kappa shape index (κ1) is 10.8. The Hall–Kier alpha value is -1.20. The first-order valence-electron chi connectivity index (χ1n) is 3.10. The molecule has 0 aliphatic carbocycles. The second kappa shape index (κ2) is 3.46. The lowest BCUT2D eigenvalue weighted by molar-refractivity contribution is -0.350. The molecule has 0 bridgehead atoms. The molecule has 70 valence electrons. The van der Waals surface area contributed by atoms with Gasteiger partial charge < -0.3 is 19.8 Å². The van der Waals surface area contributed by atoms with Crippen LogP contribution < -0.4 is 10.2 Å². The van der Waals surface area contributed by atoms with Crippen molar-refractivity contribution in [3.63, 3.8) is 0 Å². The Balaban J connectivity index is 5.04. The third-order valence-electron chi connectivity index (χ3n) is 1.66. The van der Waals surface area contributed by atoms with Crippen LogP contribution in [-0.2, 0) is 9.59 Å². The molecule has 0 aromatic rings. The molecule has 0 heterocycles. The van der Waals surface area contributed by atoms with Gasteiger partial charge in [0, 0.05) is 0 Å². The summed E-state index contributed by atoms with van der Waals surface area (Å²) in [4.78, 5) is 20.2. The molecule has 0 aliphatic heterocycles. The fourth-order valence-corrected chi connectivity index (χ4v) is 0.704. The Morgan fingerprint density at radius 1 is 1.33 bits per heavy atom. The highest BCUT2D eigenvalue weighted by molar-refractivity contribution is 5.96. The van der Waals surface area contributed by atoms with Gasteiger partial charge in [0.05, 0.1) is 11.9 Å². The number of carboxylic acid groups (broad SMARTS) is 2. The first-order valence-corrected chi connectivity index (χ1v) is 3.10. The number of halogens is 2. The van der Waals surface area contributed by atoms with E-state index in [1.807, 2.05) is 0 Å². The topological polar surface area (TPSA) is 80.3 Å². The Labute approximate surface area is 66.8 Å². The molecule has 0 rings (SSSR count). The van der Waals surface area contributed by atoms with E-state index in [-0.39, 0.29) is 0 Å². The summed E-state index contributed by atoms with van der Waals surface area (Å²) in [5.74, 6) is -4.64. The zero-order valence-corrected chi connectivity index (χ0v) is 6.17. The van der Waals surface area contributed by atoms with Gasteiger partial charge in [-0.2, -0.15) is 0 Å². The number of carboxylic acids is 2. The highest BCUT2D eigenvalue weighted by atomic mass is 19.3. The number of hydrogen-bond acceptors (Lipinski definition) is 4. The van der Waals surface area contributed by atoms with Crippen molar-refractivity contribution in [1.82, 2.24) is 0 Å². The predicted molar refractivity (Wildman–Crippen MR) is 28.7 cm³/mol. The second-order valence-electron chi connectivity index (χ2n) is 2.20. The number of hydrogen-bond donors (Lipinski definition) is 0. The molecule has 0 aromatic carbocycles. The van der Waals surface area contributed by atoms with E-state index >= 15 is 0 Å². The van der Waals surface area contributed by atoms with Crippen LogP contribution in [0.5, 0.6) is 0 Å². The largest absolute Gasteiger partial charge is 0.549 e. The van der Waals surface area contributed by atoms with Gasteiger partial charge in [0.1, 0.15) is 5.41 Å². The molecule has 0 saturated heterocycles. The van der Waals surface area contributed by atoms with E-state index in [0.29, 0.717) is 0 Å². The molecule has 4 nitrogen and oxygen atoms in total. The number of carbonyl (C=O) groups is 2. The lowest BCUT2D eigenvalue weighted by atomic mass is 9.86. The van der Waals surface area contributed by atoms with Gasteiger partial charge in [-0.05, 0) is 6.42 Å². The van der Waals surface area contributed by atoms with Crippen LogP contribution in [0.4, 0.5) is 8.78 Å². The van der Waals surface area contributed by atoms with Crippen molar-refractivity contribution < 1.29 is 28.6 Å². The lowest BCUT2D eigenvalue weighted by Crippen LogP contribution is -2.57. The van der Waals surface area contributed by atoms with Crippen LogP contribution in [0.15, 0.2) is 0 Å². The monoisotopic (exact) mass is 180 g/mol. The van der Waals surface area contributed by atoms with Crippen LogP contribution in [0.25, 0.3) is 0 Å². The van der Waals surface area contributed by atoms with Gasteiger partial charge in [-0.1, -0.05) is 6.92 Å². The molecule has 0 spiro atoms. The number of rotatable bonds is 4. The summed E-state index contributed by atoms with van der Waals surface area (Å²) < 4.78 is 24.0. The number of alkyl halides is 2. The Morgan fingerprint density at radius 2 is 1.67 bits per heavy atom. The van der Waals surface area contributed by atoms with Crippen molar-refractivity contribution in [2.24, 2.45) is 5.41 Å². The third-order valence-corrected chi connectivity index (χ3v) is 1.66. The van der Waals surface area contributed by atoms with Crippen LogP contribution in [0, 0.1) is 5.41 Å². The molecule has 0 unspecified atom stereocenters. The van der Waals surface area contributed by atoms with Crippen molar-refractivity contribution in [1.29, 1.82) is 0 Å². The van der Waals surface area contributed by atoms with Crippen LogP contribution in [0.1, 0.15) is 13.3 Å². The minimum absolute atomic E-state index is 0.769. The molecule has 0 N–H and O–H groups in total. The smallest absolute Gasteiger partial charge is 0.254 e. The van der Waals surface area contributed by atoms with Crippen molar-refractivity contribution in [2.75, 3.05) is 0 Å². The van der Waals surface area contributed by atoms with Gasteiger partial charge in [0.15, 0.2) is 0 Å². The molecular formula is C6H6F2O4-2. The van der Waals surface area contributed by atoms with Crippen molar-refractivity contribution in [3.05, 3.63) is 0 Å². The molecule has 0 atom stereocenters. The average Bonchev–Trinajstić information content (AvgIpc) is 1.86. The average molecular weight is 180 g/mol. The third kappa shape index (κ3) is 1.37. The zero-order valence-electron chi connectivity index (χ0n) is 6.17. The molecule has 0 amide bonds. The summed E-state index contributed by atoms with van der Waals surface area (Å²) in [5.41, 5.74) is -3.18. The van der Waals surface area contributed by atoms with E-state index in [4.69, 9.17) is 0 Å². The Morgan fingerprint density at radius 3 is 1.67 bits per heavy atom. The fraction of sp³-hybridized carbons (Fsp3) is 0.667. The van der Waals surface area contributed by atoms with Crippen molar-refractivity contribution in [3.8, 4) is 0 Å². The molecule has 12 heavy (non-hydrogen) atoms. The standard InChI is InChI=1S/C6H8F2O4/c1-2-6(3(7)8,4(9)10)5(11)12/h3H,2H2,1H3,(H,9,10)(H,11,12)/p-2. The summed E-state index contributed by atoms with van der Waals surface area (Å²) in [6.07, 6.45) is -4.30. The van der Waals surface area contributed by atoms with Crippen molar-refractivity contribution in [2.45, 2.75) is 19.8 Å². The van der Waals surface area contributed by atoms with E-state index in [0.717, 1.165) is 6.92 Å². The summed E-state index contributed by atoms with van der Waals surface area (Å²) in [6, 6.07) is 0. The van der Waals surface area contributed by atoms with Crippen LogP contribution in [0.3, 0.4) is 0 Å². The zero-order chi connectivity index (χ0) is 9.94. The molecule has 0 fully saturated rings. The molecule has 6 heteroatoms. The van der Waals surface area contributed by atoms with Crippen LogP contribution >= 0.6 is 0 Å². The van der Waals surface area contributed by atoms with E-state index < -0.39 is 30.2 Å². The van der Waals surface area contributed by atoms with Gasteiger partial charge in [-0.3, -0.25) is 0 Å². The molecular weight excluding hydrogens is 174 g/mol. The predicted octanol–water partition coefficient (Wildman–Crippen LogP) is -1.85. The minimum Gasteiger partial charge on any atom is -0.549 e. The maximum Gasteiger partial charge on any atom is 0.254 e. The number of aliphatic carboxylic acids is 2. The van der Waals surface area contributed by atoms with Gasteiger partial charge in [0.25, 0.3) is 6.43 Å². The Bertz CT molecular complexity index is 188. The fourth-order valence-electron chi connectivity index (χ4n) is 0.704. The van der Waals surface area contributed by atoms with Gasteiger partial charge in [-0.25, -0.2) is 8.78 Å². The highest BCUT2D eigenvalue weighted by Crippen LogP contribution is 2.28. The minimum atomic E-state index is -3.53. The maximum absolute atomic E-state index is 12.0. The first-order chi connectivity index (χ1) is 5.39. The molecule has 0 aromatic heterocycles. The second-order valence-corrected chi connectivity index (χ2v) is 2.20. The van der Waals surface area contributed by atoms with Crippen LogP contribution in [-0.4, -0.2) is 18.4 Å². The summed E-state index contributed by atoms with van der Waals surface area (Å²) >= 11 is 0. The summed E-state index contributed by atoms with van der Waals surface area (Å²) in [7, 11) is 0.